The van der Waals surface area contributed by atoms with Crippen molar-refractivity contribution in [2.75, 3.05) is 18.5 Å². The van der Waals surface area contributed by atoms with E-state index in [0.717, 1.165) is 30.5 Å². The Hall–Kier alpha value is -3.94. The van der Waals surface area contributed by atoms with Crippen molar-refractivity contribution in [1.29, 1.82) is 10.7 Å². The number of imidazole rings is 1. The van der Waals surface area contributed by atoms with Crippen molar-refractivity contribution in [1.82, 2.24) is 15.0 Å². The highest BCUT2D eigenvalue weighted by Gasteiger charge is 2.36. The fourth-order valence-electron chi connectivity index (χ4n) is 5.94. The van der Waals surface area contributed by atoms with Crippen molar-refractivity contribution < 1.29 is 13.5 Å². The van der Waals surface area contributed by atoms with Crippen LogP contribution in [0, 0.1) is 34.3 Å². The van der Waals surface area contributed by atoms with E-state index in [2.05, 4.69) is 33.3 Å². The molecule has 40 heavy (non-hydrogen) atoms. The van der Waals surface area contributed by atoms with E-state index in [1.165, 1.54) is 24.3 Å². The zero-order valence-electron chi connectivity index (χ0n) is 22.4. The van der Waals surface area contributed by atoms with Crippen LogP contribution in [0.1, 0.15) is 67.3 Å². The summed E-state index contributed by atoms with van der Waals surface area (Å²) in [5.74, 6) is -0.402. The van der Waals surface area contributed by atoms with E-state index >= 15 is 8.78 Å². The molecule has 3 heterocycles. The second-order valence-electron chi connectivity index (χ2n) is 10.9. The SMILES string of the molecule is C[C@@H]1C[C@H](N)C[C@H](c2ccncc2Nc2ncc(/C=C\C(=N)c3c(F)cc(C4(C#N)CCOCC4)cc3F)[nH]2)C1. The number of pyridine rings is 1. The summed E-state index contributed by atoms with van der Waals surface area (Å²) in [5.41, 5.74) is 7.32. The van der Waals surface area contributed by atoms with Crippen LogP contribution in [0.2, 0.25) is 0 Å². The normalized spacial score (nSPS) is 22.6. The van der Waals surface area contributed by atoms with Gasteiger partial charge in [0.2, 0.25) is 5.95 Å². The Balaban J connectivity index is 1.30. The summed E-state index contributed by atoms with van der Waals surface area (Å²) in [4.78, 5) is 11.7. The highest BCUT2D eigenvalue weighted by molar-refractivity contribution is 6.09. The highest BCUT2D eigenvalue weighted by atomic mass is 19.1. The number of anilines is 2. The van der Waals surface area contributed by atoms with Crippen molar-refractivity contribution in [2.24, 2.45) is 11.7 Å². The minimum atomic E-state index is -0.995. The van der Waals surface area contributed by atoms with Gasteiger partial charge < -0.3 is 26.2 Å². The number of rotatable bonds is 7. The molecule has 1 aliphatic heterocycles. The topological polar surface area (TPSA) is 136 Å². The molecule has 8 nitrogen and oxygen atoms in total. The lowest BCUT2D eigenvalue weighted by molar-refractivity contribution is 0.0673. The Kier molecular flexibility index (Phi) is 8.05. The lowest BCUT2D eigenvalue weighted by Gasteiger charge is -2.32. The molecule has 0 amide bonds. The van der Waals surface area contributed by atoms with Crippen molar-refractivity contribution in [3.63, 3.8) is 0 Å². The van der Waals surface area contributed by atoms with Gasteiger partial charge in [0.1, 0.15) is 11.6 Å². The molecule has 0 radical (unpaired) electrons. The van der Waals surface area contributed by atoms with Gasteiger partial charge in [-0.15, -0.1) is 0 Å². The molecular formula is C30H33F2N7O. The summed E-state index contributed by atoms with van der Waals surface area (Å²) in [6.07, 6.45) is 11.7. The van der Waals surface area contributed by atoms with Gasteiger partial charge in [0.15, 0.2) is 0 Å². The number of allylic oxidation sites excluding steroid dienone is 1. The molecule has 2 aliphatic rings. The maximum Gasteiger partial charge on any atom is 0.205 e. The smallest absolute Gasteiger partial charge is 0.205 e. The van der Waals surface area contributed by atoms with Crippen LogP contribution in [0.3, 0.4) is 0 Å². The van der Waals surface area contributed by atoms with Gasteiger partial charge in [-0.25, -0.2) is 13.8 Å². The lowest BCUT2D eigenvalue weighted by atomic mass is 9.75. The van der Waals surface area contributed by atoms with Crippen LogP contribution < -0.4 is 11.1 Å². The van der Waals surface area contributed by atoms with E-state index < -0.39 is 22.6 Å². The molecule has 3 atom stereocenters. The third kappa shape index (κ3) is 5.81. The summed E-state index contributed by atoms with van der Waals surface area (Å²) in [7, 11) is 0. The van der Waals surface area contributed by atoms with Gasteiger partial charge in [0.05, 0.1) is 46.5 Å². The zero-order chi connectivity index (χ0) is 28.3. The first kappa shape index (κ1) is 27.6. The molecule has 3 aromatic rings. The van der Waals surface area contributed by atoms with Crippen molar-refractivity contribution in [2.45, 2.75) is 56.4 Å². The molecule has 1 aromatic carbocycles. The fourth-order valence-corrected chi connectivity index (χ4v) is 5.94. The Morgan fingerprint density at radius 2 is 1.98 bits per heavy atom. The number of nitrogens with zero attached hydrogens (tertiary/aromatic N) is 3. The second-order valence-corrected chi connectivity index (χ2v) is 10.9. The number of halogens is 2. The Morgan fingerprint density at radius 1 is 1.23 bits per heavy atom. The molecule has 0 unspecified atom stereocenters. The maximum absolute atomic E-state index is 15.0. The number of nitrogens with two attached hydrogens (primary N) is 1. The van der Waals surface area contributed by atoms with E-state index in [4.69, 9.17) is 15.9 Å². The Labute approximate surface area is 232 Å². The van der Waals surface area contributed by atoms with E-state index in [1.807, 2.05) is 6.07 Å². The van der Waals surface area contributed by atoms with Crippen LogP contribution in [0.15, 0.2) is 42.9 Å². The first-order valence-corrected chi connectivity index (χ1v) is 13.5. The van der Waals surface area contributed by atoms with E-state index in [1.54, 1.807) is 18.6 Å². The third-order valence-corrected chi connectivity index (χ3v) is 7.98. The molecule has 2 aromatic heterocycles. The molecule has 1 aliphatic carbocycles. The Bertz CT molecular complexity index is 1420. The van der Waals surface area contributed by atoms with Gasteiger partial charge in [0, 0.05) is 25.5 Å². The number of aromatic amines is 1. The first-order chi connectivity index (χ1) is 19.3. The summed E-state index contributed by atoms with van der Waals surface area (Å²) in [5, 5.41) is 21.3. The summed E-state index contributed by atoms with van der Waals surface area (Å²) in [6.45, 7) is 2.94. The predicted molar refractivity (Wildman–Crippen MR) is 149 cm³/mol. The molecule has 5 N–H and O–H groups in total. The van der Waals surface area contributed by atoms with Gasteiger partial charge in [0.25, 0.3) is 0 Å². The molecule has 1 saturated carbocycles. The summed E-state index contributed by atoms with van der Waals surface area (Å²) >= 11 is 0. The molecule has 5 rings (SSSR count). The van der Waals surface area contributed by atoms with Gasteiger partial charge in [-0.3, -0.25) is 4.98 Å². The van der Waals surface area contributed by atoms with Gasteiger partial charge in [-0.2, -0.15) is 5.26 Å². The number of hydrogen-bond acceptors (Lipinski definition) is 7. The summed E-state index contributed by atoms with van der Waals surface area (Å²) < 4.78 is 35.4. The number of ether oxygens (including phenoxy) is 1. The lowest BCUT2D eigenvalue weighted by Crippen LogP contribution is -2.32. The number of benzene rings is 1. The monoisotopic (exact) mass is 545 g/mol. The standard InChI is InChI=1S/C30H33F2N7O/c1-18-10-19(12-21(34)11-18)23-4-7-36-16-27(23)39-29-37-15-22(38-29)2-3-26(35)28-24(31)13-20(14-25(28)32)30(17-33)5-8-40-9-6-30/h2-4,7,13-16,18-19,21,35H,5-6,8-12,34H2,1H3,(H2,37,38,39)/b3-2-,35-26?/t18-,19+,21-/m0/s1. The molecule has 1 saturated heterocycles. The van der Waals surface area contributed by atoms with Crippen molar-refractivity contribution in [3.8, 4) is 6.07 Å². The largest absolute Gasteiger partial charge is 0.381 e. The minimum Gasteiger partial charge on any atom is -0.381 e. The van der Waals surface area contributed by atoms with Gasteiger partial charge >= 0.3 is 0 Å². The average Bonchev–Trinajstić information content (AvgIpc) is 3.39. The number of aromatic nitrogens is 3. The number of nitrogens with one attached hydrogen (secondary N) is 3. The maximum atomic E-state index is 15.0. The van der Waals surface area contributed by atoms with Gasteiger partial charge in [-0.05, 0) is 85.4 Å². The van der Waals surface area contributed by atoms with Crippen LogP contribution in [0.25, 0.3) is 6.08 Å². The van der Waals surface area contributed by atoms with E-state index in [9.17, 15) is 5.26 Å². The zero-order valence-corrected chi connectivity index (χ0v) is 22.4. The number of nitriles is 1. The first-order valence-electron chi connectivity index (χ1n) is 13.5. The van der Waals surface area contributed by atoms with Crippen LogP contribution in [-0.4, -0.2) is 39.9 Å². The van der Waals surface area contributed by atoms with Crippen LogP contribution >= 0.6 is 0 Å². The highest BCUT2D eigenvalue weighted by Crippen LogP contribution is 2.39. The molecule has 208 valence electrons. The third-order valence-electron chi connectivity index (χ3n) is 7.98. The molecule has 0 bridgehead atoms. The van der Waals surface area contributed by atoms with E-state index in [0.29, 0.717) is 49.5 Å². The molecule has 10 heteroatoms. The van der Waals surface area contributed by atoms with Crippen molar-refractivity contribution >= 4 is 23.4 Å². The van der Waals surface area contributed by atoms with Crippen LogP contribution in [-0.2, 0) is 10.2 Å². The van der Waals surface area contributed by atoms with Crippen LogP contribution in [0.4, 0.5) is 20.4 Å². The van der Waals surface area contributed by atoms with Gasteiger partial charge in [-0.1, -0.05) is 6.92 Å². The summed E-state index contributed by atoms with van der Waals surface area (Å²) in [6, 6.07) is 6.74. The van der Waals surface area contributed by atoms with Crippen molar-refractivity contribution in [3.05, 3.63) is 76.9 Å². The average molecular weight is 546 g/mol. The molecular weight excluding hydrogens is 512 g/mol. The number of hydrogen-bond donors (Lipinski definition) is 4. The predicted octanol–water partition coefficient (Wildman–Crippen LogP) is 5.71. The second kappa shape index (κ2) is 11.7. The van der Waals surface area contributed by atoms with Crippen LogP contribution in [0.5, 0.6) is 0 Å². The minimum absolute atomic E-state index is 0.172. The quantitative estimate of drug-likeness (QED) is 0.281. The number of H-pyrrole nitrogens is 1. The molecule has 2 fully saturated rings. The fraction of sp³-hybridized carbons (Fsp3) is 0.400. The molecule has 0 spiro atoms. The Morgan fingerprint density at radius 3 is 2.67 bits per heavy atom. The van der Waals surface area contributed by atoms with E-state index in [-0.39, 0.29) is 17.3 Å².